The number of anilines is 3. The van der Waals surface area contributed by atoms with Crippen molar-refractivity contribution < 1.29 is 22.8 Å². The molecule has 3 aromatic carbocycles. The molecule has 1 aliphatic rings. The van der Waals surface area contributed by atoms with Gasteiger partial charge in [0.25, 0.3) is 0 Å². The summed E-state index contributed by atoms with van der Waals surface area (Å²) in [5.41, 5.74) is 5.13. The summed E-state index contributed by atoms with van der Waals surface area (Å²) < 4.78 is 40.4. The first-order valence-corrected chi connectivity index (χ1v) is 14.8. The Bertz CT molecular complexity index is 1750. The van der Waals surface area contributed by atoms with Crippen molar-refractivity contribution in [1.82, 2.24) is 9.55 Å². The van der Waals surface area contributed by atoms with Gasteiger partial charge in [-0.05, 0) is 72.5 Å². The number of amidine groups is 1. The van der Waals surface area contributed by atoms with Gasteiger partial charge in [-0.2, -0.15) is 18.2 Å². The van der Waals surface area contributed by atoms with Crippen LogP contribution in [-0.2, 0) is 11.0 Å². The summed E-state index contributed by atoms with van der Waals surface area (Å²) in [4.78, 5) is 38.2. The standard InChI is InChI=1S/C32H31F3N6O2S/c1-19(2)25-12-11-24(39(4)5)15-28(25)41-29(42)17-44-31(41)38-30(43)37-26-13-6-21(14-20(26)3)27-16-40(18-36-27)23-9-7-22(8-10-23)32(33,34)35/h6-16,18-19H,17H2,1-5H3,(H,37,43). The third-order valence-electron chi connectivity index (χ3n) is 7.20. The smallest absolute Gasteiger partial charge is 0.378 e. The number of nitrogens with zero attached hydrogens (tertiary/aromatic N) is 5. The number of thioether (sulfide) groups is 1. The lowest BCUT2D eigenvalue weighted by Gasteiger charge is -2.24. The molecule has 1 fully saturated rings. The van der Waals surface area contributed by atoms with Crippen LogP contribution in [0.2, 0.25) is 0 Å². The normalized spacial score (nSPS) is 14.5. The molecule has 0 saturated carbocycles. The average molecular weight is 621 g/mol. The Balaban J connectivity index is 1.34. The van der Waals surface area contributed by atoms with Crippen molar-refractivity contribution in [2.45, 2.75) is 32.9 Å². The molecule has 4 aromatic rings. The largest absolute Gasteiger partial charge is 0.416 e. The topological polar surface area (TPSA) is 82.8 Å². The first kappa shape index (κ1) is 30.9. The van der Waals surface area contributed by atoms with E-state index in [0.717, 1.165) is 34.5 Å². The number of aryl methyl sites for hydroxylation is 1. The number of hydrogen-bond acceptors (Lipinski definition) is 5. The molecule has 1 aromatic heterocycles. The maximum Gasteiger partial charge on any atom is 0.416 e. The molecule has 2 heterocycles. The van der Waals surface area contributed by atoms with Crippen LogP contribution in [0, 0.1) is 6.92 Å². The van der Waals surface area contributed by atoms with Crippen molar-refractivity contribution in [2.75, 3.05) is 35.0 Å². The first-order chi connectivity index (χ1) is 20.8. The number of carbonyl (C=O) groups excluding carboxylic acids is 2. The molecular weight excluding hydrogens is 589 g/mol. The predicted molar refractivity (Wildman–Crippen MR) is 170 cm³/mol. The molecule has 1 N–H and O–H groups in total. The summed E-state index contributed by atoms with van der Waals surface area (Å²) >= 11 is 1.22. The van der Waals surface area contributed by atoms with E-state index in [4.69, 9.17) is 0 Å². The molecule has 0 spiro atoms. The third kappa shape index (κ3) is 6.49. The zero-order chi connectivity index (χ0) is 31.8. The van der Waals surface area contributed by atoms with E-state index in [9.17, 15) is 22.8 Å². The Kier molecular flexibility index (Phi) is 8.55. The van der Waals surface area contributed by atoms with Gasteiger partial charge in [0.15, 0.2) is 5.17 Å². The maximum absolute atomic E-state index is 13.1. The summed E-state index contributed by atoms with van der Waals surface area (Å²) in [5.74, 6) is 0.190. The minimum absolute atomic E-state index is 0.143. The monoisotopic (exact) mass is 620 g/mol. The number of carbonyl (C=O) groups is 2. The minimum atomic E-state index is -4.40. The highest BCUT2D eigenvalue weighted by Crippen LogP contribution is 2.36. The van der Waals surface area contributed by atoms with Gasteiger partial charge in [0, 0.05) is 42.9 Å². The van der Waals surface area contributed by atoms with Crippen molar-refractivity contribution in [3.05, 3.63) is 89.9 Å². The molecule has 1 aliphatic heterocycles. The van der Waals surface area contributed by atoms with E-state index in [2.05, 4.69) is 29.1 Å². The van der Waals surface area contributed by atoms with E-state index in [0.29, 0.717) is 27.9 Å². The number of nitrogens with one attached hydrogen (secondary N) is 1. The number of halogens is 3. The van der Waals surface area contributed by atoms with Crippen molar-refractivity contribution in [1.29, 1.82) is 0 Å². The second-order valence-corrected chi connectivity index (χ2v) is 11.8. The summed E-state index contributed by atoms with van der Waals surface area (Å²) in [5, 5.41) is 3.13. The first-order valence-electron chi connectivity index (χ1n) is 13.8. The van der Waals surface area contributed by atoms with Crippen LogP contribution in [0.4, 0.5) is 35.0 Å². The highest BCUT2D eigenvalue weighted by Gasteiger charge is 2.33. The van der Waals surface area contributed by atoms with E-state index < -0.39 is 17.8 Å². The zero-order valence-corrected chi connectivity index (χ0v) is 25.6. The van der Waals surface area contributed by atoms with Crippen LogP contribution >= 0.6 is 11.8 Å². The number of urea groups is 1. The lowest BCUT2D eigenvalue weighted by molar-refractivity contribution is -0.137. The van der Waals surface area contributed by atoms with Crippen molar-refractivity contribution in [2.24, 2.45) is 4.99 Å². The number of aliphatic imine (C=N–C) groups is 1. The summed E-state index contributed by atoms with van der Waals surface area (Å²) in [6.45, 7) is 5.94. The van der Waals surface area contributed by atoms with Crippen LogP contribution in [0.3, 0.4) is 0 Å². The fraction of sp³-hybridized carbons (Fsp3) is 0.250. The van der Waals surface area contributed by atoms with Crippen molar-refractivity contribution in [3.8, 4) is 16.9 Å². The molecule has 0 bridgehead atoms. The predicted octanol–water partition coefficient (Wildman–Crippen LogP) is 7.72. The van der Waals surface area contributed by atoms with Crippen LogP contribution in [0.5, 0.6) is 0 Å². The van der Waals surface area contributed by atoms with E-state index >= 15 is 0 Å². The van der Waals surface area contributed by atoms with Crippen molar-refractivity contribution in [3.63, 3.8) is 0 Å². The lowest BCUT2D eigenvalue weighted by atomic mass is 9.99. The molecule has 8 nitrogen and oxygen atoms in total. The average Bonchev–Trinajstić information content (AvgIpc) is 3.60. The summed E-state index contributed by atoms with van der Waals surface area (Å²) in [6.07, 6.45) is -1.15. The maximum atomic E-state index is 13.1. The van der Waals surface area contributed by atoms with Gasteiger partial charge in [-0.1, -0.05) is 37.7 Å². The molecule has 3 amide bonds. The van der Waals surface area contributed by atoms with Gasteiger partial charge in [0.1, 0.15) is 0 Å². The van der Waals surface area contributed by atoms with Crippen molar-refractivity contribution >= 4 is 45.9 Å². The molecule has 0 radical (unpaired) electrons. The molecule has 0 unspecified atom stereocenters. The second-order valence-electron chi connectivity index (χ2n) is 10.9. The van der Waals surface area contributed by atoms with E-state index in [1.54, 1.807) is 22.9 Å². The number of hydrogen-bond donors (Lipinski definition) is 1. The van der Waals surface area contributed by atoms with Crippen LogP contribution in [0.15, 0.2) is 78.2 Å². The molecule has 228 valence electrons. The number of imidazole rings is 1. The van der Waals surface area contributed by atoms with Crippen LogP contribution in [0.1, 0.15) is 36.5 Å². The zero-order valence-electron chi connectivity index (χ0n) is 24.8. The fourth-order valence-electron chi connectivity index (χ4n) is 4.80. The fourth-order valence-corrected chi connectivity index (χ4v) is 5.66. The van der Waals surface area contributed by atoms with Gasteiger partial charge in [-0.15, -0.1) is 0 Å². The Labute approximate surface area is 257 Å². The number of benzene rings is 3. The van der Waals surface area contributed by atoms with E-state index in [1.165, 1.54) is 35.1 Å². The van der Waals surface area contributed by atoms with Gasteiger partial charge >= 0.3 is 12.2 Å². The van der Waals surface area contributed by atoms with E-state index in [-0.39, 0.29) is 17.6 Å². The Morgan fingerprint density at radius 2 is 1.80 bits per heavy atom. The summed E-state index contributed by atoms with van der Waals surface area (Å²) in [6, 6.07) is 15.6. The van der Waals surface area contributed by atoms with Gasteiger partial charge in [0.2, 0.25) is 5.91 Å². The number of alkyl halides is 3. The highest BCUT2D eigenvalue weighted by molar-refractivity contribution is 8.15. The minimum Gasteiger partial charge on any atom is -0.378 e. The number of aromatic nitrogens is 2. The van der Waals surface area contributed by atoms with Gasteiger partial charge in [-0.25, -0.2) is 9.78 Å². The molecule has 44 heavy (non-hydrogen) atoms. The van der Waals surface area contributed by atoms with Gasteiger partial charge < -0.3 is 14.8 Å². The molecule has 0 aliphatic carbocycles. The quantitative estimate of drug-likeness (QED) is 0.239. The second kappa shape index (κ2) is 12.2. The molecule has 0 atom stereocenters. The van der Waals surface area contributed by atoms with Gasteiger partial charge in [0.05, 0.1) is 29.0 Å². The molecular formula is C32H31F3N6O2S. The molecule has 12 heteroatoms. The highest BCUT2D eigenvalue weighted by atomic mass is 32.2. The third-order valence-corrected chi connectivity index (χ3v) is 8.12. The SMILES string of the molecule is Cc1cc(-c2cn(-c3ccc(C(F)(F)F)cc3)cn2)ccc1NC(=O)N=C1SCC(=O)N1c1cc(N(C)C)ccc1C(C)C. The number of rotatable bonds is 6. The Morgan fingerprint density at radius 1 is 1.07 bits per heavy atom. The van der Waals surface area contributed by atoms with Crippen LogP contribution < -0.4 is 15.1 Å². The molecule has 1 saturated heterocycles. The van der Waals surface area contributed by atoms with Crippen LogP contribution in [-0.4, -0.2) is 46.5 Å². The Hall–Kier alpha value is -4.58. The van der Waals surface area contributed by atoms with Crippen LogP contribution in [0.25, 0.3) is 16.9 Å². The lowest BCUT2D eigenvalue weighted by Crippen LogP contribution is -2.31. The van der Waals surface area contributed by atoms with Gasteiger partial charge in [-0.3, -0.25) is 9.69 Å². The number of amides is 3. The van der Waals surface area contributed by atoms with E-state index in [1.807, 2.05) is 50.2 Å². The Morgan fingerprint density at radius 3 is 2.43 bits per heavy atom. The molecule has 5 rings (SSSR count). The summed E-state index contributed by atoms with van der Waals surface area (Å²) in [7, 11) is 3.85.